The minimum absolute atomic E-state index is 0.411. The lowest BCUT2D eigenvalue weighted by Gasteiger charge is -2.14. The third-order valence-corrected chi connectivity index (χ3v) is 2.10. The first kappa shape index (κ1) is 11.2. The fraction of sp³-hybridized carbons (Fsp3) is 0.273. The minimum Gasteiger partial charge on any atom is -0.479 e. The highest BCUT2D eigenvalue weighted by Crippen LogP contribution is 2.14. The van der Waals surface area contributed by atoms with E-state index < -0.39 is 17.8 Å². The number of carbonyl (C=O) groups excluding carboxylic acids is 1. The van der Waals surface area contributed by atoms with Crippen molar-refractivity contribution in [3.05, 3.63) is 29.8 Å². The Kier molecular flexibility index (Phi) is 3.44. The van der Waals surface area contributed by atoms with Gasteiger partial charge in [-0.3, -0.25) is 4.79 Å². The Labute approximate surface area is 87.9 Å². The molecule has 0 aliphatic carbocycles. The Hall–Kier alpha value is -1.84. The SMILES string of the molecule is CC(=O)C(Nc1ccccc1C)C(=O)O. The van der Waals surface area contributed by atoms with Crippen molar-refractivity contribution in [2.75, 3.05) is 5.32 Å². The van der Waals surface area contributed by atoms with Crippen LogP contribution >= 0.6 is 0 Å². The summed E-state index contributed by atoms with van der Waals surface area (Å²) < 4.78 is 0. The second kappa shape index (κ2) is 4.59. The van der Waals surface area contributed by atoms with Crippen LogP contribution in [0, 0.1) is 6.92 Å². The van der Waals surface area contributed by atoms with Crippen LogP contribution in [0.2, 0.25) is 0 Å². The summed E-state index contributed by atoms with van der Waals surface area (Å²) in [5.41, 5.74) is 1.57. The van der Waals surface area contributed by atoms with Crippen LogP contribution in [0.15, 0.2) is 24.3 Å². The van der Waals surface area contributed by atoms with Gasteiger partial charge in [-0.05, 0) is 25.5 Å². The van der Waals surface area contributed by atoms with Crippen LogP contribution in [0.3, 0.4) is 0 Å². The molecule has 15 heavy (non-hydrogen) atoms. The lowest BCUT2D eigenvalue weighted by Crippen LogP contribution is -2.36. The number of aliphatic carboxylic acids is 1. The number of carboxylic acids is 1. The van der Waals surface area contributed by atoms with Crippen molar-refractivity contribution in [3.63, 3.8) is 0 Å². The van der Waals surface area contributed by atoms with Crippen LogP contribution in [0.4, 0.5) is 5.69 Å². The molecular weight excluding hydrogens is 194 g/mol. The van der Waals surface area contributed by atoms with E-state index in [0.717, 1.165) is 5.56 Å². The van der Waals surface area contributed by atoms with E-state index in [1.807, 2.05) is 19.1 Å². The third-order valence-electron chi connectivity index (χ3n) is 2.10. The van der Waals surface area contributed by atoms with Crippen LogP contribution in [0.25, 0.3) is 0 Å². The number of para-hydroxylation sites is 1. The predicted molar refractivity (Wildman–Crippen MR) is 56.9 cm³/mol. The molecule has 0 heterocycles. The lowest BCUT2D eigenvalue weighted by molar-refractivity contribution is -0.140. The Morgan fingerprint density at radius 1 is 1.33 bits per heavy atom. The van der Waals surface area contributed by atoms with Gasteiger partial charge in [0.2, 0.25) is 0 Å². The van der Waals surface area contributed by atoms with Gasteiger partial charge < -0.3 is 10.4 Å². The molecule has 0 aromatic heterocycles. The molecule has 0 aliphatic heterocycles. The van der Waals surface area contributed by atoms with Crippen LogP contribution in [0.5, 0.6) is 0 Å². The molecule has 1 rings (SSSR count). The van der Waals surface area contributed by atoms with Crippen molar-refractivity contribution in [1.82, 2.24) is 0 Å². The van der Waals surface area contributed by atoms with Crippen molar-refractivity contribution in [2.45, 2.75) is 19.9 Å². The summed E-state index contributed by atoms with van der Waals surface area (Å²) in [6, 6.07) is 6.06. The number of benzene rings is 1. The normalized spacial score (nSPS) is 11.9. The number of carboxylic acid groups (broad SMARTS) is 1. The van der Waals surface area contributed by atoms with Crippen LogP contribution in [0.1, 0.15) is 12.5 Å². The number of ketones is 1. The molecule has 0 amide bonds. The Balaban J connectivity index is 2.88. The number of nitrogens with one attached hydrogen (secondary N) is 1. The second-order valence-corrected chi connectivity index (χ2v) is 3.34. The summed E-state index contributed by atoms with van der Waals surface area (Å²) in [6.45, 7) is 3.10. The third kappa shape index (κ3) is 2.80. The summed E-state index contributed by atoms with van der Waals surface area (Å²) in [7, 11) is 0. The van der Waals surface area contributed by atoms with Gasteiger partial charge in [0.25, 0.3) is 0 Å². The van der Waals surface area contributed by atoms with Crippen molar-refractivity contribution in [1.29, 1.82) is 0 Å². The number of aryl methyl sites for hydroxylation is 1. The van der Waals surface area contributed by atoms with Crippen molar-refractivity contribution < 1.29 is 14.7 Å². The topological polar surface area (TPSA) is 66.4 Å². The van der Waals surface area contributed by atoms with Gasteiger partial charge in [0.05, 0.1) is 0 Å². The maximum atomic E-state index is 11.1. The summed E-state index contributed by atoms with van der Waals surface area (Å²) in [5, 5.41) is 11.5. The molecule has 0 saturated heterocycles. The molecule has 1 unspecified atom stereocenters. The summed E-state index contributed by atoms with van der Waals surface area (Å²) >= 11 is 0. The molecule has 0 bridgehead atoms. The minimum atomic E-state index is -1.17. The highest BCUT2D eigenvalue weighted by atomic mass is 16.4. The number of carbonyl (C=O) groups is 2. The molecule has 0 saturated carbocycles. The second-order valence-electron chi connectivity index (χ2n) is 3.34. The molecule has 1 aromatic rings. The van der Waals surface area contributed by atoms with E-state index in [2.05, 4.69) is 5.32 Å². The number of rotatable bonds is 4. The molecule has 0 aliphatic rings. The maximum Gasteiger partial charge on any atom is 0.333 e. The van der Waals surface area contributed by atoms with Gasteiger partial charge in [-0.2, -0.15) is 0 Å². The molecule has 4 heteroatoms. The van der Waals surface area contributed by atoms with E-state index in [1.54, 1.807) is 12.1 Å². The number of hydrogen-bond donors (Lipinski definition) is 2. The van der Waals surface area contributed by atoms with Gasteiger partial charge in [-0.25, -0.2) is 4.79 Å². The molecule has 80 valence electrons. The van der Waals surface area contributed by atoms with Crippen molar-refractivity contribution in [3.8, 4) is 0 Å². The van der Waals surface area contributed by atoms with E-state index in [4.69, 9.17) is 5.11 Å². The Morgan fingerprint density at radius 3 is 2.40 bits per heavy atom. The van der Waals surface area contributed by atoms with E-state index in [1.165, 1.54) is 6.92 Å². The number of anilines is 1. The Bertz CT molecular complexity index is 373. The van der Waals surface area contributed by atoms with Crippen LogP contribution in [-0.2, 0) is 9.59 Å². The van der Waals surface area contributed by atoms with Crippen LogP contribution in [-0.4, -0.2) is 22.9 Å². The highest BCUT2D eigenvalue weighted by Gasteiger charge is 2.22. The average molecular weight is 207 g/mol. The average Bonchev–Trinajstić information content (AvgIpc) is 2.15. The molecule has 1 aromatic carbocycles. The lowest BCUT2D eigenvalue weighted by atomic mass is 10.1. The molecular formula is C11H13NO3. The largest absolute Gasteiger partial charge is 0.479 e. The molecule has 0 spiro atoms. The summed E-state index contributed by atoms with van der Waals surface area (Å²) in [6.07, 6.45) is 0. The van der Waals surface area contributed by atoms with Gasteiger partial charge in [-0.15, -0.1) is 0 Å². The Morgan fingerprint density at radius 2 is 1.93 bits per heavy atom. The maximum absolute atomic E-state index is 11.1. The molecule has 2 N–H and O–H groups in total. The quantitative estimate of drug-likeness (QED) is 0.733. The fourth-order valence-electron chi connectivity index (χ4n) is 1.23. The highest BCUT2D eigenvalue weighted by molar-refractivity contribution is 6.03. The molecule has 0 radical (unpaired) electrons. The van der Waals surface area contributed by atoms with Crippen molar-refractivity contribution >= 4 is 17.4 Å². The predicted octanol–water partition coefficient (Wildman–Crippen LogP) is 1.45. The standard InChI is InChI=1S/C11H13NO3/c1-7-5-3-4-6-9(7)12-10(8(2)13)11(14)15/h3-6,10,12H,1-2H3,(H,14,15). The first-order valence-electron chi connectivity index (χ1n) is 4.58. The zero-order valence-corrected chi connectivity index (χ0v) is 8.65. The molecule has 0 fully saturated rings. The van der Waals surface area contributed by atoms with Gasteiger partial charge in [0, 0.05) is 5.69 Å². The van der Waals surface area contributed by atoms with Gasteiger partial charge in [0.1, 0.15) is 0 Å². The summed E-state index contributed by atoms with van der Waals surface area (Å²) in [4.78, 5) is 21.8. The van der Waals surface area contributed by atoms with Gasteiger partial charge >= 0.3 is 5.97 Å². The first-order chi connectivity index (χ1) is 7.02. The summed E-state index contributed by atoms with van der Waals surface area (Å²) in [5.74, 6) is -1.57. The van der Waals surface area contributed by atoms with Crippen LogP contribution < -0.4 is 5.32 Å². The monoisotopic (exact) mass is 207 g/mol. The molecule has 4 nitrogen and oxygen atoms in total. The van der Waals surface area contributed by atoms with E-state index in [9.17, 15) is 9.59 Å². The van der Waals surface area contributed by atoms with Crippen molar-refractivity contribution in [2.24, 2.45) is 0 Å². The van der Waals surface area contributed by atoms with Gasteiger partial charge in [0.15, 0.2) is 11.8 Å². The first-order valence-corrected chi connectivity index (χ1v) is 4.58. The van der Waals surface area contributed by atoms with Gasteiger partial charge in [-0.1, -0.05) is 18.2 Å². The zero-order chi connectivity index (χ0) is 11.4. The number of Topliss-reactive ketones (excluding diaryl/α,β-unsaturated/α-hetero) is 1. The van der Waals surface area contributed by atoms with E-state index in [-0.39, 0.29) is 0 Å². The number of hydrogen-bond acceptors (Lipinski definition) is 3. The van der Waals surface area contributed by atoms with E-state index >= 15 is 0 Å². The fourth-order valence-corrected chi connectivity index (χ4v) is 1.23. The molecule has 1 atom stereocenters. The smallest absolute Gasteiger partial charge is 0.333 e. The zero-order valence-electron chi connectivity index (χ0n) is 8.65. The van der Waals surface area contributed by atoms with E-state index in [0.29, 0.717) is 5.69 Å².